The fraction of sp³-hybridized carbons (Fsp3) is 0. The number of benzene rings is 7. The molecule has 0 bridgehead atoms. The van der Waals surface area contributed by atoms with Gasteiger partial charge in [-0.1, -0.05) is 146 Å². The second kappa shape index (κ2) is 11.7. The van der Waals surface area contributed by atoms with E-state index in [9.17, 15) is 0 Å². The molecule has 0 saturated carbocycles. The maximum atomic E-state index is 5.20. The second-order valence-corrected chi connectivity index (χ2v) is 11.9. The molecule has 9 aromatic rings. The van der Waals surface area contributed by atoms with Crippen molar-refractivity contribution >= 4 is 32.4 Å². The van der Waals surface area contributed by atoms with Gasteiger partial charge in [-0.3, -0.25) is 0 Å². The number of fused-ring (bicyclic) bond motifs is 4. The number of rotatable bonds is 5. The van der Waals surface area contributed by atoms with Gasteiger partial charge in [0.15, 0.2) is 11.6 Å². The zero-order valence-corrected chi connectivity index (χ0v) is 26.0. The molecule has 7 aromatic carbocycles. The Kier molecular flexibility index (Phi) is 6.76. The first-order chi connectivity index (χ1) is 23.8. The molecule has 2 heterocycles. The SMILES string of the molecule is c1ccc(-c2cc(-c3ccc4ccccc4c3)nc(-c3ccc4ccc5c(-c6ccccc6)nc(-c6ccccc6)nc5c4c3)n2)cc1. The van der Waals surface area contributed by atoms with Gasteiger partial charge in [-0.2, -0.15) is 0 Å². The lowest BCUT2D eigenvalue weighted by Crippen LogP contribution is -1.97. The van der Waals surface area contributed by atoms with Crippen LogP contribution in [-0.2, 0) is 0 Å². The van der Waals surface area contributed by atoms with Crippen molar-refractivity contribution in [1.29, 1.82) is 0 Å². The number of hydrogen-bond donors (Lipinski definition) is 0. The number of hydrogen-bond acceptors (Lipinski definition) is 4. The van der Waals surface area contributed by atoms with E-state index in [1.54, 1.807) is 0 Å². The molecule has 0 amide bonds. The number of aromatic nitrogens is 4. The zero-order chi connectivity index (χ0) is 31.9. The van der Waals surface area contributed by atoms with Crippen LogP contribution >= 0.6 is 0 Å². The van der Waals surface area contributed by atoms with E-state index in [4.69, 9.17) is 19.9 Å². The quantitative estimate of drug-likeness (QED) is 0.181. The van der Waals surface area contributed by atoms with Crippen molar-refractivity contribution in [2.45, 2.75) is 0 Å². The molecular formula is C44H28N4. The van der Waals surface area contributed by atoms with Gasteiger partial charge >= 0.3 is 0 Å². The maximum Gasteiger partial charge on any atom is 0.160 e. The third-order valence-corrected chi connectivity index (χ3v) is 8.86. The lowest BCUT2D eigenvalue weighted by molar-refractivity contribution is 1.18. The van der Waals surface area contributed by atoms with Gasteiger partial charge in [-0.15, -0.1) is 0 Å². The van der Waals surface area contributed by atoms with Crippen LogP contribution in [0.25, 0.3) is 89.0 Å². The van der Waals surface area contributed by atoms with Crippen LogP contribution < -0.4 is 0 Å². The fourth-order valence-corrected chi connectivity index (χ4v) is 6.41. The van der Waals surface area contributed by atoms with E-state index in [1.807, 2.05) is 42.5 Å². The van der Waals surface area contributed by atoms with Gasteiger partial charge in [-0.25, -0.2) is 19.9 Å². The van der Waals surface area contributed by atoms with Crippen LogP contribution in [0.15, 0.2) is 170 Å². The largest absolute Gasteiger partial charge is 0.228 e. The van der Waals surface area contributed by atoms with Crippen LogP contribution in [0.5, 0.6) is 0 Å². The van der Waals surface area contributed by atoms with Gasteiger partial charge in [0.25, 0.3) is 0 Å². The van der Waals surface area contributed by atoms with Crippen molar-refractivity contribution in [3.05, 3.63) is 170 Å². The van der Waals surface area contributed by atoms with Gasteiger partial charge < -0.3 is 0 Å². The van der Waals surface area contributed by atoms with Crippen LogP contribution in [0, 0.1) is 0 Å². The average Bonchev–Trinajstić information content (AvgIpc) is 3.18. The third-order valence-electron chi connectivity index (χ3n) is 8.86. The summed E-state index contributed by atoms with van der Waals surface area (Å²) in [4.78, 5) is 20.6. The highest BCUT2D eigenvalue weighted by Gasteiger charge is 2.16. The molecule has 48 heavy (non-hydrogen) atoms. The summed E-state index contributed by atoms with van der Waals surface area (Å²) < 4.78 is 0. The Labute approximate surface area is 278 Å². The molecule has 0 aliphatic rings. The molecule has 2 aromatic heterocycles. The summed E-state index contributed by atoms with van der Waals surface area (Å²) in [5.74, 6) is 1.36. The van der Waals surface area contributed by atoms with Gasteiger partial charge in [0.05, 0.1) is 22.6 Å². The van der Waals surface area contributed by atoms with Crippen LogP contribution in [0.2, 0.25) is 0 Å². The smallest absolute Gasteiger partial charge is 0.160 e. The van der Waals surface area contributed by atoms with Crippen molar-refractivity contribution in [1.82, 2.24) is 19.9 Å². The van der Waals surface area contributed by atoms with E-state index in [2.05, 4.69) is 127 Å². The predicted octanol–water partition coefficient (Wildman–Crippen LogP) is 11.1. The Balaban J connectivity index is 1.28. The summed E-state index contributed by atoms with van der Waals surface area (Å²) in [7, 11) is 0. The Morgan fingerprint density at radius 3 is 1.60 bits per heavy atom. The van der Waals surface area contributed by atoms with Gasteiger partial charge in [0, 0.05) is 38.6 Å². The summed E-state index contributed by atoms with van der Waals surface area (Å²) >= 11 is 0. The van der Waals surface area contributed by atoms with Crippen molar-refractivity contribution in [3.8, 4) is 56.5 Å². The summed E-state index contributed by atoms with van der Waals surface area (Å²) in [6.07, 6.45) is 0. The lowest BCUT2D eigenvalue weighted by atomic mass is 9.99. The van der Waals surface area contributed by atoms with Gasteiger partial charge in [0.1, 0.15) is 0 Å². The van der Waals surface area contributed by atoms with E-state index in [1.165, 1.54) is 10.8 Å². The molecule has 0 atom stereocenters. The molecule has 9 rings (SSSR count). The highest BCUT2D eigenvalue weighted by molar-refractivity contribution is 6.10. The minimum atomic E-state index is 0.666. The van der Waals surface area contributed by atoms with E-state index in [0.29, 0.717) is 11.6 Å². The van der Waals surface area contributed by atoms with Crippen molar-refractivity contribution in [2.75, 3.05) is 0 Å². The molecule has 0 fully saturated rings. The first-order valence-electron chi connectivity index (χ1n) is 16.1. The molecule has 0 radical (unpaired) electrons. The summed E-state index contributed by atoms with van der Waals surface area (Å²) in [5, 5.41) is 5.50. The molecule has 0 aliphatic carbocycles. The van der Waals surface area contributed by atoms with Crippen molar-refractivity contribution in [2.24, 2.45) is 0 Å². The van der Waals surface area contributed by atoms with Gasteiger partial charge in [0.2, 0.25) is 0 Å². The minimum Gasteiger partial charge on any atom is -0.228 e. The average molecular weight is 613 g/mol. The van der Waals surface area contributed by atoms with Crippen LogP contribution in [-0.4, -0.2) is 19.9 Å². The van der Waals surface area contributed by atoms with E-state index in [0.717, 1.165) is 66.6 Å². The molecule has 0 unspecified atom stereocenters. The number of nitrogens with zero attached hydrogens (tertiary/aromatic N) is 4. The van der Waals surface area contributed by atoms with Crippen LogP contribution in [0.1, 0.15) is 0 Å². The summed E-state index contributed by atoms with van der Waals surface area (Å²) in [5.41, 5.74) is 8.61. The van der Waals surface area contributed by atoms with E-state index < -0.39 is 0 Å². The third kappa shape index (κ3) is 5.06. The molecule has 0 saturated heterocycles. The molecular weight excluding hydrogens is 585 g/mol. The van der Waals surface area contributed by atoms with Crippen LogP contribution in [0.4, 0.5) is 0 Å². The molecule has 0 aliphatic heterocycles. The highest BCUT2D eigenvalue weighted by atomic mass is 14.9. The van der Waals surface area contributed by atoms with E-state index >= 15 is 0 Å². The van der Waals surface area contributed by atoms with Crippen molar-refractivity contribution in [3.63, 3.8) is 0 Å². The lowest BCUT2D eigenvalue weighted by Gasteiger charge is -2.13. The fourth-order valence-electron chi connectivity index (χ4n) is 6.41. The normalized spacial score (nSPS) is 11.3. The van der Waals surface area contributed by atoms with Crippen molar-refractivity contribution < 1.29 is 0 Å². The standard InChI is InChI=1S/C44H28N4/c1-4-13-31(14-5-1)39-28-40(35-22-20-29-12-10-11-19-34(29)26-35)46-44(45-39)36-23-21-30-24-25-37-41(32-15-6-2-7-16-32)47-43(33-17-8-3-9-18-33)48-42(37)38(30)27-36/h1-28H. The Morgan fingerprint density at radius 1 is 0.292 bits per heavy atom. The molecule has 4 heteroatoms. The first-order valence-corrected chi connectivity index (χ1v) is 16.1. The molecule has 224 valence electrons. The zero-order valence-electron chi connectivity index (χ0n) is 26.0. The van der Waals surface area contributed by atoms with E-state index in [-0.39, 0.29) is 0 Å². The minimum absolute atomic E-state index is 0.666. The Bertz CT molecular complexity index is 2600. The topological polar surface area (TPSA) is 51.6 Å². The molecule has 4 nitrogen and oxygen atoms in total. The molecule has 0 spiro atoms. The monoisotopic (exact) mass is 612 g/mol. The summed E-state index contributed by atoms with van der Waals surface area (Å²) in [6, 6.07) is 58.6. The summed E-state index contributed by atoms with van der Waals surface area (Å²) in [6.45, 7) is 0. The van der Waals surface area contributed by atoms with Gasteiger partial charge in [-0.05, 0) is 40.4 Å². The maximum absolute atomic E-state index is 5.20. The Hall–Kier alpha value is -6.52. The first kappa shape index (κ1) is 27.8. The predicted molar refractivity (Wildman–Crippen MR) is 197 cm³/mol. The van der Waals surface area contributed by atoms with Crippen LogP contribution in [0.3, 0.4) is 0 Å². The highest BCUT2D eigenvalue weighted by Crippen LogP contribution is 2.36. The Morgan fingerprint density at radius 2 is 0.854 bits per heavy atom. The molecule has 0 N–H and O–H groups in total. The second-order valence-electron chi connectivity index (χ2n) is 11.9.